The highest BCUT2D eigenvalue weighted by Gasteiger charge is 2.43. The van der Waals surface area contributed by atoms with Gasteiger partial charge in [-0.2, -0.15) is 0 Å². The minimum Gasteiger partial charge on any atom is -0.394 e. The topological polar surface area (TPSA) is 172 Å². The zero-order chi connectivity index (χ0) is 21.1. The van der Waals surface area contributed by atoms with Gasteiger partial charge in [0, 0.05) is 19.6 Å². The standard InChI is InChI=1S/C18H34N2O8/c1-11(22)12(19)6-2-4-8-20-14(23)7-3-5-9-27-18-17(26)16(25)15(24)13(10-21)28-18/h12-13,15-18,21,24-26H,2-10,19H2,1H3,(H,20,23). The van der Waals surface area contributed by atoms with Gasteiger partial charge >= 0.3 is 0 Å². The number of rotatable bonds is 13. The maximum absolute atomic E-state index is 11.7. The summed E-state index contributed by atoms with van der Waals surface area (Å²) < 4.78 is 10.6. The van der Waals surface area contributed by atoms with Crippen LogP contribution < -0.4 is 11.1 Å². The summed E-state index contributed by atoms with van der Waals surface area (Å²) in [5, 5.41) is 41.1. The lowest BCUT2D eigenvalue weighted by atomic mass is 9.99. The number of ether oxygens (including phenoxy) is 2. The average molecular weight is 406 g/mol. The second-order valence-electron chi connectivity index (χ2n) is 7.09. The molecule has 10 heteroatoms. The zero-order valence-electron chi connectivity index (χ0n) is 16.3. The monoisotopic (exact) mass is 406 g/mol. The van der Waals surface area contributed by atoms with Crippen LogP contribution in [-0.4, -0.2) is 88.6 Å². The van der Waals surface area contributed by atoms with E-state index in [4.69, 9.17) is 20.3 Å². The maximum atomic E-state index is 11.7. The smallest absolute Gasteiger partial charge is 0.219 e. The van der Waals surface area contributed by atoms with E-state index >= 15 is 0 Å². The van der Waals surface area contributed by atoms with Crippen molar-refractivity contribution in [1.82, 2.24) is 5.32 Å². The van der Waals surface area contributed by atoms with Gasteiger partial charge in [0.1, 0.15) is 30.2 Å². The minimum atomic E-state index is -1.47. The molecule has 1 heterocycles. The van der Waals surface area contributed by atoms with Crippen LogP contribution in [0.3, 0.4) is 0 Å². The highest BCUT2D eigenvalue weighted by atomic mass is 16.7. The van der Waals surface area contributed by atoms with Crippen LogP contribution in [0.2, 0.25) is 0 Å². The fourth-order valence-electron chi connectivity index (χ4n) is 2.80. The molecule has 0 radical (unpaired) electrons. The number of aliphatic hydroxyl groups excluding tert-OH is 4. The van der Waals surface area contributed by atoms with Gasteiger partial charge in [-0.05, 0) is 39.0 Å². The van der Waals surface area contributed by atoms with Crippen molar-refractivity contribution in [3.8, 4) is 0 Å². The van der Waals surface area contributed by atoms with Gasteiger partial charge in [-0.3, -0.25) is 9.59 Å². The lowest BCUT2D eigenvalue weighted by Crippen LogP contribution is -2.59. The number of carbonyl (C=O) groups is 2. The summed E-state index contributed by atoms with van der Waals surface area (Å²) in [5.74, 6) is -0.112. The Morgan fingerprint density at radius 2 is 1.82 bits per heavy atom. The van der Waals surface area contributed by atoms with Crippen LogP contribution in [0.5, 0.6) is 0 Å². The minimum absolute atomic E-state index is 0.0324. The van der Waals surface area contributed by atoms with Crippen molar-refractivity contribution in [2.24, 2.45) is 5.73 Å². The Bertz CT molecular complexity index is 477. The molecule has 7 N–H and O–H groups in total. The second-order valence-corrected chi connectivity index (χ2v) is 7.09. The summed E-state index contributed by atoms with van der Waals surface area (Å²) in [7, 11) is 0. The molecule has 1 amide bonds. The third-order valence-corrected chi connectivity index (χ3v) is 4.71. The van der Waals surface area contributed by atoms with Crippen LogP contribution in [0.25, 0.3) is 0 Å². The van der Waals surface area contributed by atoms with Crippen LogP contribution in [0.15, 0.2) is 0 Å². The normalized spacial score (nSPS) is 28.7. The molecule has 1 aliphatic rings. The first-order valence-corrected chi connectivity index (χ1v) is 9.72. The third kappa shape index (κ3) is 8.48. The molecule has 10 nitrogen and oxygen atoms in total. The number of nitrogens with two attached hydrogens (primary N) is 1. The first-order chi connectivity index (χ1) is 13.3. The number of unbranched alkanes of at least 4 members (excludes halogenated alkanes) is 2. The van der Waals surface area contributed by atoms with Gasteiger partial charge in [0.25, 0.3) is 0 Å². The summed E-state index contributed by atoms with van der Waals surface area (Å²) in [6.45, 7) is 1.68. The van der Waals surface area contributed by atoms with Crippen molar-refractivity contribution in [1.29, 1.82) is 0 Å². The number of amides is 1. The lowest BCUT2D eigenvalue weighted by molar-refractivity contribution is -0.301. The van der Waals surface area contributed by atoms with Crippen molar-refractivity contribution in [2.45, 2.75) is 82.2 Å². The first kappa shape index (κ1) is 24.9. The van der Waals surface area contributed by atoms with E-state index in [2.05, 4.69) is 5.32 Å². The molecule has 6 atom stereocenters. The van der Waals surface area contributed by atoms with Crippen molar-refractivity contribution in [3.05, 3.63) is 0 Å². The fourth-order valence-corrected chi connectivity index (χ4v) is 2.80. The highest BCUT2D eigenvalue weighted by Crippen LogP contribution is 2.22. The number of hydrogen-bond acceptors (Lipinski definition) is 9. The van der Waals surface area contributed by atoms with Crippen LogP contribution in [-0.2, 0) is 19.1 Å². The number of ketones is 1. The Morgan fingerprint density at radius 3 is 2.46 bits per heavy atom. The molecular weight excluding hydrogens is 372 g/mol. The summed E-state index contributed by atoms with van der Waals surface area (Å²) in [5.41, 5.74) is 5.63. The van der Waals surface area contributed by atoms with Gasteiger partial charge in [0.2, 0.25) is 5.91 Å². The Morgan fingerprint density at radius 1 is 1.11 bits per heavy atom. The van der Waals surface area contributed by atoms with E-state index in [9.17, 15) is 24.9 Å². The van der Waals surface area contributed by atoms with Gasteiger partial charge in [-0.1, -0.05) is 0 Å². The van der Waals surface area contributed by atoms with Crippen molar-refractivity contribution in [3.63, 3.8) is 0 Å². The first-order valence-electron chi connectivity index (χ1n) is 9.72. The van der Waals surface area contributed by atoms with Crippen LogP contribution >= 0.6 is 0 Å². The quantitative estimate of drug-likeness (QED) is 0.193. The van der Waals surface area contributed by atoms with Gasteiger partial charge in [-0.25, -0.2) is 0 Å². The summed E-state index contributed by atoms with van der Waals surface area (Å²) in [6.07, 6.45) is -2.88. The van der Waals surface area contributed by atoms with E-state index in [1.807, 2.05) is 0 Å². The molecule has 1 rings (SSSR count). The fraction of sp³-hybridized carbons (Fsp3) is 0.889. The van der Waals surface area contributed by atoms with E-state index in [-0.39, 0.29) is 18.3 Å². The van der Waals surface area contributed by atoms with Crippen molar-refractivity contribution < 1.29 is 39.5 Å². The van der Waals surface area contributed by atoms with E-state index in [1.165, 1.54) is 6.92 Å². The number of Topliss-reactive ketones (excluding diaryl/α,β-unsaturated/α-hetero) is 1. The molecule has 164 valence electrons. The summed E-state index contributed by atoms with van der Waals surface area (Å²) >= 11 is 0. The van der Waals surface area contributed by atoms with Gasteiger partial charge in [0.15, 0.2) is 6.29 Å². The SMILES string of the molecule is CC(=O)C(N)CCCCNC(=O)CCCCOC1OC(CO)C(O)C(O)C1O. The zero-order valence-corrected chi connectivity index (χ0v) is 16.3. The Labute approximate surface area is 165 Å². The van der Waals surface area contributed by atoms with Crippen LogP contribution in [0, 0.1) is 0 Å². The van der Waals surface area contributed by atoms with Crippen molar-refractivity contribution in [2.75, 3.05) is 19.8 Å². The Balaban J connectivity index is 2.09. The molecule has 0 aliphatic carbocycles. The van der Waals surface area contributed by atoms with Gasteiger partial charge in [-0.15, -0.1) is 0 Å². The Hall–Kier alpha value is -1.14. The number of carbonyl (C=O) groups excluding carboxylic acids is 2. The van der Waals surface area contributed by atoms with E-state index < -0.39 is 43.4 Å². The number of hydrogen-bond donors (Lipinski definition) is 6. The van der Waals surface area contributed by atoms with Gasteiger partial charge in [0.05, 0.1) is 12.6 Å². The molecule has 0 spiro atoms. The number of nitrogens with one attached hydrogen (secondary N) is 1. The average Bonchev–Trinajstić information content (AvgIpc) is 2.66. The molecule has 0 bridgehead atoms. The van der Waals surface area contributed by atoms with Crippen molar-refractivity contribution >= 4 is 11.7 Å². The second kappa shape index (κ2) is 13.2. The molecule has 0 aromatic heterocycles. The third-order valence-electron chi connectivity index (χ3n) is 4.71. The lowest BCUT2D eigenvalue weighted by Gasteiger charge is -2.39. The Kier molecular flexibility index (Phi) is 11.7. The molecule has 6 unspecified atom stereocenters. The summed E-state index contributed by atoms with van der Waals surface area (Å²) in [6, 6.07) is -0.431. The van der Waals surface area contributed by atoms with Crippen LogP contribution in [0.4, 0.5) is 0 Å². The summed E-state index contributed by atoms with van der Waals surface area (Å²) in [4.78, 5) is 22.7. The van der Waals surface area contributed by atoms with Crippen LogP contribution in [0.1, 0.15) is 45.4 Å². The highest BCUT2D eigenvalue weighted by molar-refractivity contribution is 5.81. The molecular formula is C18H34N2O8. The van der Waals surface area contributed by atoms with E-state index in [1.54, 1.807) is 0 Å². The van der Waals surface area contributed by atoms with E-state index in [0.717, 1.165) is 12.8 Å². The molecule has 1 aliphatic heterocycles. The largest absolute Gasteiger partial charge is 0.394 e. The molecule has 0 aromatic carbocycles. The molecule has 0 aromatic rings. The molecule has 0 saturated carbocycles. The molecule has 28 heavy (non-hydrogen) atoms. The molecule has 1 saturated heterocycles. The predicted molar refractivity (Wildman–Crippen MR) is 99.1 cm³/mol. The molecule has 1 fully saturated rings. The number of aliphatic hydroxyl groups is 4. The maximum Gasteiger partial charge on any atom is 0.219 e. The predicted octanol–water partition coefficient (Wildman–Crippen LogP) is -1.82. The van der Waals surface area contributed by atoms with E-state index in [0.29, 0.717) is 32.2 Å². The van der Waals surface area contributed by atoms with Gasteiger partial charge < -0.3 is 41.0 Å².